The number of hydrogen-bond acceptors (Lipinski definition) is 7. The Balaban J connectivity index is 1.54. The van der Waals surface area contributed by atoms with Gasteiger partial charge in [-0.15, -0.1) is 0 Å². The summed E-state index contributed by atoms with van der Waals surface area (Å²) in [6.45, 7) is 0.622. The van der Waals surface area contributed by atoms with Gasteiger partial charge in [-0.2, -0.15) is 4.68 Å². The van der Waals surface area contributed by atoms with Gasteiger partial charge in [0.05, 0.1) is 12.3 Å². The van der Waals surface area contributed by atoms with Crippen LogP contribution in [0.4, 0.5) is 0 Å². The van der Waals surface area contributed by atoms with E-state index in [2.05, 4.69) is 30.2 Å². The number of tetrazole rings is 1. The van der Waals surface area contributed by atoms with Crippen LogP contribution in [0.15, 0.2) is 33.6 Å². The van der Waals surface area contributed by atoms with Crippen LogP contribution in [-0.4, -0.2) is 37.0 Å². The van der Waals surface area contributed by atoms with Crippen molar-refractivity contribution in [3.8, 4) is 23.1 Å². The lowest BCUT2D eigenvalue weighted by molar-refractivity contribution is 0.192. The first-order valence-electron chi connectivity index (χ1n) is 8.37. The van der Waals surface area contributed by atoms with E-state index in [1.165, 1.54) is 36.8 Å². The lowest BCUT2D eigenvalue weighted by Crippen LogP contribution is -2.17. The fourth-order valence-electron chi connectivity index (χ4n) is 3.12. The van der Waals surface area contributed by atoms with Crippen LogP contribution in [0.3, 0.4) is 0 Å². The van der Waals surface area contributed by atoms with Crippen molar-refractivity contribution in [2.45, 2.75) is 32.1 Å². The zero-order chi connectivity index (χ0) is 17.1. The highest BCUT2D eigenvalue weighted by molar-refractivity contribution is 5.58. The van der Waals surface area contributed by atoms with Gasteiger partial charge in [0.1, 0.15) is 0 Å². The summed E-state index contributed by atoms with van der Waals surface area (Å²) < 4.78 is 11.9. The highest BCUT2D eigenvalue weighted by Crippen LogP contribution is 2.25. The van der Waals surface area contributed by atoms with Gasteiger partial charge in [0.2, 0.25) is 0 Å². The molecule has 1 fully saturated rings. The number of aromatic nitrogens is 6. The van der Waals surface area contributed by atoms with Gasteiger partial charge in [-0.05, 0) is 41.3 Å². The molecule has 0 bridgehead atoms. The molecule has 0 amide bonds. The highest BCUT2D eigenvalue weighted by Gasteiger charge is 2.17. The molecule has 2 heterocycles. The lowest BCUT2D eigenvalue weighted by atomic mass is 9.90. The molecule has 0 unspecified atom stereocenters. The van der Waals surface area contributed by atoms with E-state index in [9.17, 15) is 4.79 Å². The Labute approximate surface area is 143 Å². The predicted octanol–water partition coefficient (Wildman–Crippen LogP) is 1.96. The van der Waals surface area contributed by atoms with Gasteiger partial charge >= 0.3 is 11.8 Å². The van der Waals surface area contributed by atoms with Crippen molar-refractivity contribution in [1.82, 2.24) is 30.3 Å². The van der Waals surface area contributed by atoms with Crippen molar-refractivity contribution in [3.63, 3.8) is 0 Å². The number of H-pyrrole nitrogens is 1. The maximum atomic E-state index is 11.1. The summed E-state index contributed by atoms with van der Waals surface area (Å²) in [6.07, 6.45) is 6.21. The number of nitrogens with zero attached hydrogens (tertiary/aromatic N) is 5. The minimum absolute atomic E-state index is 0.351. The average molecular weight is 342 g/mol. The van der Waals surface area contributed by atoms with E-state index in [0.29, 0.717) is 35.6 Å². The van der Waals surface area contributed by atoms with Crippen molar-refractivity contribution >= 4 is 0 Å². The molecule has 1 aliphatic rings. The molecule has 0 radical (unpaired) electrons. The van der Waals surface area contributed by atoms with Crippen LogP contribution in [0.1, 0.15) is 32.1 Å². The van der Waals surface area contributed by atoms with E-state index < -0.39 is 5.76 Å². The number of benzene rings is 1. The van der Waals surface area contributed by atoms with Crippen LogP contribution in [-0.2, 0) is 0 Å². The zero-order valence-corrected chi connectivity index (χ0v) is 13.6. The Bertz CT molecular complexity index is 893. The highest BCUT2D eigenvalue weighted by atomic mass is 16.5. The summed E-state index contributed by atoms with van der Waals surface area (Å²) in [7, 11) is 0. The third-order valence-electron chi connectivity index (χ3n) is 4.42. The first-order valence-corrected chi connectivity index (χ1v) is 8.37. The van der Waals surface area contributed by atoms with Crippen LogP contribution in [0.25, 0.3) is 17.1 Å². The maximum absolute atomic E-state index is 11.1. The second kappa shape index (κ2) is 6.88. The Hall–Kier alpha value is -2.97. The predicted molar refractivity (Wildman–Crippen MR) is 87.3 cm³/mol. The molecule has 1 saturated carbocycles. The van der Waals surface area contributed by atoms with Gasteiger partial charge in [0, 0.05) is 5.56 Å². The van der Waals surface area contributed by atoms with E-state index in [4.69, 9.17) is 4.74 Å². The summed E-state index contributed by atoms with van der Waals surface area (Å²) in [5, 5.41) is 15.4. The third kappa shape index (κ3) is 3.44. The topological polar surface area (TPSA) is 112 Å². The lowest BCUT2D eigenvalue weighted by Gasteiger charge is -2.21. The molecule has 0 spiro atoms. The van der Waals surface area contributed by atoms with Gasteiger partial charge in [0.15, 0.2) is 5.82 Å². The zero-order valence-electron chi connectivity index (χ0n) is 13.6. The molecule has 1 aromatic carbocycles. The SMILES string of the molecule is O=c1[nH]c(-c2cccc(-n3nnnc3OCC3CCCCC3)c2)no1. The Morgan fingerprint density at radius 2 is 2.16 bits per heavy atom. The molecule has 0 saturated heterocycles. The molecule has 25 heavy (non-hydrogen) atoms. The quantitative estimate of drug-likeness (QED) is 0.754. The molecule has 9 nitrogen and oxygen atoms in total. The summed E-state index contributed by atoms with van der Waals surface area (Å²) in [5.41, 5.74) is 1.40. The van der Waals surface area contributed by atoms with E-state index in [1.807, 2.05) is 18.2 Å². The summed E-state index contributed by atoms with van der Waals surface area (Å²) >= 11 is 0. The molecule has 130 valence electrons. The smallest absolute Gasteiger partial charge is 0.439 e. The molecule has 1 aliphatic carbocycles. The van der Waals surface area contributed by atoms with Gasteiger partial charge in [0.25, 0.3) is 0 Å². The monoisotopic (exact) mass is 342 g/mol. The molecule has 1 N–H and O–H groups in total. The number of nitrogens with one attached hydrogen (secondary N) is 1. The van der Waals surface area contributed by atoms with Crippen LogP contribution in [0, 0.1) is 5.92 Å². The van der Waals surface area contributed by atoms with Crippen molar-refractivity contribution < 1.29 is 9.26 Å². The van der Waals surface area contributed by atoms with Crippen molar-refractivity contribution in [2.75, 3.05) is 6.61 Å². The normalized spacial score (nSPS) is 15.4. The van der Waals surface area contributed by atoms with Crippen LogP contribution in [0.2, 0.25) is 0 Å². The average Bonchev–Trinajstić information content (AvgIpc) is 3.30. The van der Waals surface area contributed by atoms with Crippen molar-refractivity contribution in [3.05, 3.63) is 34.8 Å². The second-order valence-electron chi connectivity index (χ2n) is 6.18. The first-order chi connectivity index (χ1) is 12.3. The number of ether oxygens (including phenoxy) is 1. The molecular weight excluding hydrogens is 324 g/mol. The van der Waals surface area contributed by atoms with Crippen molar-refractivity contribution in [2.24, 2.45) is 5.92 Å². The Morgan fingerprint density at radius 1 is 1.28 bits per heavy atom. The number of aromatic amines is 1. The second-order valence-corrected chi connectivity index (χ2v) is 6.18. The van der Waals surface area contributed by atoms with Gasteiger partial charge < -0.3 is 4.74 Å². The summed E-state index contributed by atoms with van der Waals surface area (Å²) in [6, 6.07) is 7.65. The van der Waals surface area contributed by atoms with Crippen molar-refractivity contribution in [1.29, 1.82) is 0 Å². The summed E-state index contributed by atoms with van der Waals surface area (Å²) in [5.74, 6) is 0.314. The van der Waals surface area contributed by atoms with Crippen LogP contribution >= 0.6 is 0 Å². The van der Waals surface area contributed by atoms with E-state index in [-0.39, 0.29) is 0 Å². The molecule has 4 rings (SSSR count). The fourth-order valence-corrected chi connectivity index (χ4v) is 3.12. The van der Waals surface area contributed by atoms with Gasteiger partial charge in [-0.25, -0.2) is 4.79 Å². The van der Waals surface area contributed by atoms with E-state index in [1.54, 1.807) is 6.07 Å². The third-order valence-corrected chi connectivity index (χ3v) is 4.42. The minimum atomic E-state index is -0.598. The molecular formula is C16H18N6O3. The first kappa shape index (κ1) is 15.6. The van der Waals surface area contributed by atoms with Gasteiger partial charge in [-0.3, -0.25) is 9.51 Å². The largest absolute Gasteiger partial charge is 0.462 e. The number of hydrogen-bond donors (Lipinski definition) is 1. The standard InChI is InChI=1S/C16H18N6O3/c23-16-17-14(19-25-16)12-7-4-8-13(9-12)22-15(18-20-21-22)24-10-11-5-2-1-3-6-11/h4,7-9,11H,1-3,5-6,10H2,(H,17,19,23). The minimum Gasteiger partial charge on any atom is -0.462 e. The van der Waals surface area contributed by atoms with Crippen LogP contribution in [0.5, 0.6) is 6.01 Å². The Kier molecular flexibility index (Phi) is 4.28. The molecule has 9 heteroatoms. The summed E-state index contributed by atoms with van der Waals surface area (Å²) in [4.78, 5) is 13.6. The van der Waals surface area contributed by atoms with Gasteiger partial charge in [-0.1, -0.05) is 41.7 Å². The maximum Gasteiger partial charge on any atom is 0.439 e. The van der Waals surface area contributed by atoms with E-state index in [0.717, 1.165) is 0 Å². The fraction of sp³-hybridized carbons (Fsp3) is 0.438. The van der Waals surface area contributed by atoms with E-state index >= 15 is 0 Å². The molecule has 0 aliphatic heterocycles. The molecule has 3 aromatic rings. The molecule has 2 aromatic heterocycles. The Morgan fingerprint density at radius 3 is 2.96 bits per heavy atom. The number of rotatable bonds is 5. The van der Waals surface area contributed by atoms with Crippen LogP contribution < -0.4 is 10.5 Å². The molecule has 0 atom stereocenters.